The Hall–Kier alpha value is -1.82. The monoisotopic (exact) mass is 310 g/mol. The molecule has 0 bridgehead atoms. The van der Waals surface area contributed by atoms with Crippen molar-refractivity contribution in [2.45, 2.75) is 44.1 Å². The van der Waals surface area contributed by atoms with Crippen molar-refractivity contribution in [2.24, 2.45) is 5.73 Å². The molecule has 1 aliphatic rings. The zero-order chi connectivity index (χ0) is 16.2. The van der Waals surface area contributed by atoms with Crippen molar-refractivity contribution in [1.29, 1.82) is 0 Å². The van der Waals surface area contributed by atoms with E-state index in [0.29, 0.717) is 6.54 Å². The molecule has 0 aliphatic heterocycles. The fourth-order valence-corrected chi connectivity index (χ4v) is 2.83. The molecule has 0 heterocycles. The van der Waals surface area contributed by atoms with Crippen LogP contribution in [0.1, 0.15) is 48.9 Å². The van der Waals surface area contributed by atoms with Gasteiger partial charge in [0.2, 0.25) is 5.91 Å². The topological polar surface area (TPSA) is 72.2 Å². The molecule has 4 nitrogen and oxygen atoms in total. The molecule has 0 atom stereocenters. The Labute approximate surface area is 128 Å². The zero-order valence-electron chi connectivity index (χ0n) is 12.3. The van der Waals surface area contributed by atoms with Gasteiger partial charge in [-0.3, -0.25) is 9.59 Å². The van der Waals surface area contributed by atoms with Crippen LogP contribution in [0.2, 0.25) is 0 Å². The second-order valence-corrected chi connectivity index (χ2v) is 5.79. The Morgan fingerprint density at radius 1 is 1.14 bits per heavy atom. The van der Waals surface area contributed by atoms with E-state index in [4.69, 9.17) is 5.73 Å². The number of hydrogen-bond donors (Lipinski definition) is 2. The molecular weight excluding hydrogens is 290 g/mol. The standard InChI is InChI=1S/C16H20F2N2O2/c17-12-4-3-11(9-13(12)18)14(21)5-6-15(22)20-16(10-19)7-1-2-8-16/h3-4,9H,1-2,5-8,10,19H2,(H,20,22). The number of carbonyl (C=O) groups excluding carboxylic acids is 2. The van der Waals surface area contributed by atoms with E-state index in [9.17, 15) is 18.4 Å². The highest BCUT2D eigenvalue weighted by molar-refractivity contribution is 5.98. The van der Waals surface area contributed by atoms with Crippen molar-refractivity contribution < 1.29 is 18.4 Å². The molecule has 0 saturated heterocycles. The van der Waals surface area contributed by atoms with Gasteiger partial charge in [0.25, 0.3) is 0 Å². The van der Waals surface area contributed by atoms with Crippen LogP contribution in [0.3, 0.4) is 0 Å². The normalized spacial score (nSPS) is 16.5. The summed E-state index contributed by atoms with van der Waals surface area (Å²) in [5, 5.41) is 2.92. The lowest BCUT2D eigenvalue weighted by molar-refractivity contribution is -0.122. The molecule has 1 aliphatic carbocycles. The van der Waals surface area contributed by atoms with Crippen LogP contribution in [0.15, 0.2) is 18.2 Å². The largest absolute Gasteiger partial charge is 0.349 e. The zero-order valence-corrected chi connectivity index (χ0v) is 12.3. The van der Waals surface area contributed by atoms with Crippen LogP contribution in [0.4, 0.5) is 8.78 Å². The lowest BCUT2D eigenvalue weighted by atomic mass is 9.97. The van der Waals surface area contributed by atoms with E-state index in [2.05, 4.69) is 5.32 Å². The third-order valence-corrected chi connectivity index (χ3v) is 4.18. The van der Waals surface area contributed by atoms with E-state index in [0.717, 1.165) is 37.8 Å². The number of hydrogen-bond acceptors (Lipinski definition) is 3. The Balaban J connectivity index is 1.87. The smallest absolute Gasteiger partial charge is 0.220 e. The minimum absolute atomic E-state index is 0.0135. The number of halogens is 2. The van der Waals surface area contributed by atoms with Crippen LogP contribution in [0, 0.1) is 11.6 Å². The van der Waals surface area contributed by atoms with Gasteiger partial charge >= 0.3 is 0 Å². The fourth-order valence-electron chi connectivity index (χ4n) is 2.83. The van der Waals surface area contributed by atoms with Crippen molar-refractivity contribution in [3.05, 3.63) is 35.4 Å². The second kappa shape index (κ2) is 6.96. The summed E-state index contributed by atoms with van der Waals surface area (Å²) < 4.78 is 25.9. The molecular formula is C16H20F2N2O2. The molecule has 0 radical (unpaired) electrons. The Bertz CT molecular complexity index is 569. The maximum atomic E-state index is 13.1. The Kier molecular flexibility index (Phi) is 5.24. The maximum absolute atomic E-state index is 13.1. The fraction of sp³-hybridized carbons (Fsp3) is 0.500. The maximum Gasteiger partial charge on any atom is 0.220 e. The van der Waals surface area contributed by atoms with E-state index < -0.39 is 11.6 Å². The average molecular weight is 310 g/mol. The van der Waals surface area contributed by atoms with Crippen molar-refractivity contribution >= 4 is 11.7 Å². The van der Waals surface area contributed by atoms with Crippen molar-refractivity contribution in [3.63, 3.8) is 0 Å². The van der Waals surface area contributed by atoms with Gasteiger partial charge in [0.15, 0.2) is 17.4 Å². The van der Waals surface area contributed by atoms with Gasteiger partial charge in [-0.1, -0.05) is 12.8 Å². The third kappa shape index (κ3) is 3.88. The quantitative estimate of drug-likeness (QED) is 0.792. The van der Waals surface area contributed by atoms with Crippen LogP contribution in [0.25, 0.3) is 0 Å². The molecule has 1 saturated carbocycles. The summed E-state index contributed by atoms with van der Waals surface area (Å²) in [5.41, 5.74) is 5.46. The highest BCUT2D eigenvalue weighted by atomic mass is 19.2. The number of rotatable bonds is 6. The lowest BCUT2D eigenvalue weighted by Gasteiger charge is -2.28. The molecule has 1 aromatic carbocycles. The van der Waals surface area contributed by atoms with E-state index >= 15 is 0 Å². The lowest BCUT2D eigenvalue weighted by Crippen LogP contribution is -2.51. The molecule has 1 aromatic rings. The summed E-state index contributed by atoms with van der Waals surface area (Å²) in [4.78, 5) is 23.9. The molecule has 0 aromatic heterocycles. The van der Waals surface area contributed by atoms with Gasteiger partial charge in [-0.2, -0.15) is 0 Å². The molecule has 3 N–H and O–H groups in total. The molecule has 1 fully saturated rings. The van der Waals surface area contributed by atoms with Gasteiger partial charge in [-0.25, -0.2) is 8.78 Å². The summed E-state index contributed by atoms with van der Waals surface area (Å²) in [5.74, 6) is -2.69. The van der Waals surface area contributed by atoms with Gasteiger partial charge < -0.3 is 11.1 Å². The minimum Gasteiger partial charge on any atom is -0.349 e. The molecule has 2 rings (SSSR count). The first-order valence-corrected chi connectivity index (χ1v) is 7.45. The van der Waals surface area contributed by atoms with Crippen LogP contribution < -0.4 is 11.1 Å². The van der Waals surface area contributed by atoms with Gasteiger partial charge in [0.05, 0.1) is 5.54 Å². The van der Waals surface area contributed by atoms with E-state index in [1.807, 2.05) is 0 Å². The minimum atomic E-state index is -1.07. The average Bonchev–Trinajstić information content (AvgIpc) is 2.96. The number of benzene rings is 1. The highest BCUT2D eigenvalue weighted by Crippen LogP contribution is 2.28. The summed E-state index contributed by atoms with van der Waals surface area (Å²) in [6, 6.07) is 2.98. The number of nitrogens with two attached hydrogens (primary N) is 1. The van der Waals surface area contributed by atoms with E-state index in [1.54, 1.807) is 0 Å². The van der Waals surface area contributed by atoms with Crippen molar-refractivity contribution in [2.75, 3.05) is 6.54 Å². The van der Waals surface area contributed by atoms with Crippen molar-refractivity contribution in [3.8, 4) is 0 Å². The van der Waals surface area contributed by atoms with Crippen LogP contribution >= 0.6 is 0 Å². The van der Waals surface area contributed by atoms with Crippen LogP contribution in [-0.4, -0.2) is 23.8 Å². The number of amides is 1. The highest BCUT2D eigenvalue weighted by Gasteiger charge is 2.33. The first-order chi connectivity index (χ1) is 10.5. The van der Waals surface area contributed by atoms with Gasteiger partial charge in [-0.05, 0) is 31.0 Å². The molecule has 120 valence electrons. The summed E-state index contributed by atoms with van der Waals surface area (Å²) in [7, 11) is 0. The van der Waals surface area contributed by atoms with Gasteiger partial charge in [-0.15, -0.1) is 0 Å². The predicted octanol–water partition coefficient (Wildman–Crippen LogP) is 2.32. The molecule has 0 spiro atoms. The van der Waals surface area contributed by atoms with Crippen molar-refractivity contribution in [1.82, 2.24) is 5.32 Å². The molecule has 1 amide bonds. The first kappa shape index (κ1) is 16.5. The summed E-state index contributed by atoms with van der Waals surface area (Å²) in [6.45, 7) is 0.385. The van der Waals surface area contributed by atoms with Gasteiger partial charge in [0.1, 0.15) is 0 Å². The number of nitrogens with one attached hydrogen (secondary N) is 1. The predicted molar refractivity (Wildman–Crippen MR) is 78.3 cm³/mol. The number of ketones is 1. The van der Waals surface area contributed by atoms with Gasteiger partial charge in [0, 0.05) is 24.9 Å². The molecule has 0 unspecified atom stereocenters. The molecule has 6 heteroatoms. The summed E-state index contributed by atoms with van der Waals surface area (Å²) in [6.07, 6.45) is 3.74. The SMILES string of the molecule is NCC1(NC(=O)CCC(=O)c2ccc(F)c(F)c2)CCCC1. The Morgan fingerprint density at radius 2 is 1.82 bits per heavy atom. The Morgan fingerprint density at radius 3 is 2.41 bits per heavy atom. The molecule has 22 heavy (non-hydrogen) atoms. The van der Waals surface area contributed by atoms with Crippen LogP contribution in [-0.2, 0) is 4.79 Å². The summed E-state index contributed by atoms with van der Waals surface area (Å²) >= 11 is 0. The van der Waals surface area contributed by atoms with Crippen LogP contribution in [0.5, 0.6) is 0 Å². The number of carbonyl (C=O) groups is 2. The second-order valence-electron chi connectivity index (χ2n) is 5.79. The van der Waals surface area contributed by atoms with E-state index in [-0.39, 0.29) is 35.6 Å². The number of Topliss-reactive ketones (excluding diaryl/α,β-unsaturated/α-hetero) is 1. The third-order valence-electron chi connectivity index (χ3n) is 4.18. The first-order valence-electron chi connectivity index (χ1n) is 7.45. The van der Waals surface area contributed by atoms with E-state index in [1.165, 1.54) is 6.07 Å².